The van der Waals surface area contributed by atoms with Gasteiger partial charge in [-0.05, 0) is 12.1 Å². The van der Waals surface area contributed by atoms with Gasteiger partial charge < -0.3 is 14.5 Å². The number of hydrogen-bond acceptors (Lipinski definition) is 3. The molecule has 0 atom stereocenters. The average Bonchev–Trinajstić information content (AvgIpc) is 2.29. The van der Waals surface area contributed by atoms with Crippen molar-refractivity contribution >= 4 is 10.9 Å². The second kappa shape index (κ2) is 4.93. The number of methoxy groups -OCH3 is 1. The number of para-hydroxylation sites is 1. The molecular weight excluding hydrogens is 263 g/mol. The van der Waals surface area contributed by atoms with Gasteiger partial charge in [0, 0.05) is 24.3 Å². The number of rotatable bonds is 3. The third-order valence-electron chi connectivity index (χ3n) is 2.41. The summed E-state index contributed by atoms with van der Waals surface area (Å²) in [6.07, 6.45) is -4.82. The first-order valence-electron chi connectivity index (χ1n) is 5.30. The number of aromatic nitrogens is 1. The standard InChI is InChI=1S/C12H10F3NO3/c1-18-6-7-5-9(17)8-3-2-4-10(11(8)16-7)19-12(13,14)15/h2-5H,6H2,1H3,(H,16,17). The molecule has 19 heavy (non-hydrogen) atoms. The summed E-state index contributed by atoms with van der Waals surface area (Å²) in [7, 11) is 1.42. The number of nitrogens with one attached hydrogen (secondary N) is 1. The third kappa shape index (κ3) is 3.05. The lowest BCUT2D eigenvalue weighted by atomic mass is 10.2. The Morgan fingerprint density at radius 3 is 2.68 bits per heavy atom. The topological polar surface area (TPSA) is 51.3 Å². The SMILES string of the molecule is COCc1cc(=O)c2cccc(OC(F)(F)F)c2[nH]1. The molecule has 0 spiro atoms. The minimum Gasteiger partial charge on any atom is -0.404 e. The van der Waals surface area contributed by atoms with Crippen LogP contribution in [-0.4, -0.2) is 18.5 Å². The molecule has 0 aliphatic rings. The Balaban J connectivity index is 2.62. The van der Waals surface area contributed by atoms with Crippen LogP contribution in [0.3, 0.4) is 0 Å². The third-order valence-corrected chi connectivity index (χ3v) is 2.41. The van der Waals surface area contributed by atoms with Crippen LogP contribution in [0.25, 0.3) is 10.9 Å². The zero-order valence-corrected chi connectivity index (χ0v) is 9.88. The van der Waals surface area contributed by atoms with Gasteiger partial charge in [0.25, 0.3) is 0 Å². The van der Waals surface area contributed by atoms with E-state index in [-0.39, 0.29) is 17.5 Å². The quantitative estimate of drug-likeness (QED) is 0.935. The molecule has 1 heterocycles. The van der Waals surface area contributed by atoms with Gasteiger partial charge in [-0.3, -0.25) is 4.79 Å². The first kappa shape index (κ1) is 13.4. The average molecular weight is 273 g/mol. The van der Waals surface area contributed by atoms with Crippen LogP contribution in [0.15, 0.2) is 29.1 Å². The van der Waals surface area contributed by atoms with E-state index in [0.29, 0.717) is 5.69 Å². The highest BCUT2D eigenvalue weighted by Crippen LogP contribution is 2.28. The summed E-state index contributed by atoms with van der Waals surface area (Å²) < 4.78 is 45.6. The van der Waals surface area contributed by atoms with Crippen LogP contribution in [0.2, 0.25) is 0 Å². The van der Waals surface area contributed by atoms with Crippen molar-refractivity contribution in [3.05, 3.63) is 40.2 Å². The van der Waals surface area contributed by atoms with E-state index >= 15 is 0 Å². The normalized spacial score (nSPS) is 11.8. The fourth-order valence-corrected chi connectivity index (χ4v) is 1.74. The summed E-state index contributed by atoms with van der Waals surface area (Å²) >= 11 is 0. The maximum atomic E-state index is 12.3. The summed E-state index contributed by atoms with van der Waals surface area (Å²) in [6, 6.07) is 5.17. The van der Waals surface area contributed by atoms with Crippen molar-refractivity contribution in [2.24, 2.45) is 0 Å². The van der Waals surface area contributed by atoms with Gasteiger partial charge in [-0.2, -0.15) is 0 Å². The van der Waals surface area contributed by atoms with Crippen LogP contribution in [0.5, 0.6) is 5.75 Å². The molecule has 1 aromatic heterocycles. The molecule has 1 N–H and O–H groups in total. The Kier molecular flexibility index (Phi) is 3.48. The van der Waals surface area contributed by atoms with E-state index in [9.17, 15) is 18.0 Å². The summed E-state index contributed by atoms with van der Waals surface area (Å²) in [4.78, 5) is 14.5. The first-order valence-corrected chi connectivity index (χ1v) is 5.30. The van der Waals surface area contributed by atoms with E-state index in [2.05, 4.69) is 9.72 Å². The molecule has 0 saturated carbocycles. The second-order valence-electron chi connectivity index (χ2n) is 3.82. The summed E-state index contributed by atoms with van der Waals surface area (Å²) in [6.45, 7) is 0.0888. The van der Waals surface area contributed by atoms with Crippen molar-refractivity contribution in [2.45, 2.75) is 13.0 Å². The monoisotopic (exact) mass is 273 g/mol. The number of fused-ring (bicyclic) bond motifs is 1. The van der Waals surface area contributed by atoms with Gasteiger partial charge in [0.05, 0.1) is 12.1 Å². The molecule has 102 valence electrons. The molecule has 2 aromatic rings. The van der Waals surface area contributed by atoms with Crippen molar-refractivity contribution in [1.82, 2.24) is 4.98 Å². The zero-order valence-electron chi connectivity index (χ0n) is 9.88. The van der Waals surface area contributed by atoms with E-state index in [1.807, 2.05) is 0 Å². The van der Waals surface area contributed by atoms with Gasteiger partial charge in [0.15, 0.2) is 11.2 Å². The maximum absolute atomic E-state index is 12.3. The largest absolute Gasteiger partial charge is 0.573 e. The Morgan fingerprint density at radius 1 is 1.32 bits per heavy atom. The lowest BCUT2D eigenvalue weighted by Crippen LogP contribution is -2.18. The Labute approximate surface area is 105 Å². The van der Waals surface area contributed by atoms with E-state index in [4.69, 9.17) is 4.74 Å². The van der Waals surface area contributed by atoms with Crippen LogP contribution in [0.1, 0.15) is 5.69 Å². The Hall–Kier alpha value is -2.02. The molecule has 7 heteroatoms. The van der Waals surface area contributed by atoms with E-state index in [1.54, 1.807) is 0 Å². The van der Waals surface area contributed by atoms with Gasteiger partial charge in [-0.25, -0.2) is 0 Å². The highest BCUT2D eigenvalue weighted by atomic mass is 19.4. The van der Waals surface area contributed by atoms with Crippen molar-refractivity contribution in [2.75, 3.05) is 7.11 Å². The highest BCUT2D eigenvalue weighted by Gasteiger charge is 2.32. The molecule has 0 amide bonds. The minimum absolute atomic E-state index is 0.000579. The highest BCUT2D eigenvalue weighted by molar-refractivity contribution is 5.84. The number of aromatic amines is 1. The van der Waals surface area contributed by atoms with Gasteiger partial charge >= 0.3 is 6.36 Å². The molecule has 1 aromatic carbocycles. The summed E-state index contributed by atoms with van der Waals surface area (Å²) in [5, 5.41) is 0.126. The van der Waals surface area contributed by atoms with Crippen molar-refractivity contribution in [1.29, 1.82) is 0 Å². The van der Waals surface area contributed by atoms with Gasteiger partial charge in [0.1, 0.15) is 0 Å². The summed E-state index contributed by atoms with van der Waals surface area (Å²) in [5.74, 6) is -0.444. The van der Waals surface area contributed by atoms with Gasteiger partial charge in [-0.15, -0.1) is 13.2 Å². The van der Waals surface area contributed by atoms with Crippen LogP contribution in [0, 0.1) is 0 Å². The molecule has 2 rings (SSSR count). The molecule has 0 saturated heterocycles. The lowest BCUT2D eigenvalue weighted by Gasteiger charge is -2.12. The molecule has 0 aliphatic heterocycles. The number of ether oxygens (including phenoxy) is 2. The molecule has 0 aliphatic carbocycles. The first-order chi connectivity index (χ1) is 8.90. The number of H-pyrrole nitrogens is 1. The lowest BCUT2D eigenvalue weighted by molar-refractivity contribution is -0.274. The molecule has 0 unspecified atom stereocenters. The summed E-state index contributed by atoms with van der Waals surface area (Å²) in [5.41, 5.74) is -0.0222. The van der Waals surface area contributed by atoms with Crippen molar-refractivity contribution in [3.63, 3.8) is 0 Å². The Bertz CT molecular complexity index is 649. The van der Waals surface area contributed by atoms with Gasteiger partial charge in [-0.1, -0.05) is 6.07 Å². The predicted molar refractivity (Wildman–Crippen MR) is 62.0 cm³/mol. The van der Waals surface area contributed by atoms with Crippen LogP contribution >= 0.6 is 0 Å². The fourth-order valence-electron chi connectivity index (χ4n) is 1.74. The molecule has 0 radical (unpaired) electrons. The number of hydrogen-bond donors (Lipinski definition) is 1. The van der Waals surface area contributed by atoms with E-state index < -0.39 is 17.5 Å². The molecule has 0 fully saturated rings. The number of benzene rings is 1. The molecule has 0 bridgehead atoms. The van der Waals surface area contributed by atoms with Crippen LogP contribution in [-0.2, 0) is 11.3 Å². The smallest absolute Gasteiger partial charge is 0.404 e. The van der Waals surface area contributed by atoms with Crippen molar-refractivity contribution in [3.8, 4) is 5.75 Å². The number of alkyl halides is 3. The molecule has 4 nitrogen and oxygen atoms in total. The second-order valence-corrected chi connectivity index (χ2v) is 3.82. The van der Waals surface area contributed by atoms with Gasteiger partial charge in [0.2, 0.25) is 0 Å². The van der Waals surface area contributed by atoms with Crippen LogP contribution in [0.4, 0.5) is 13.2 Å². The maximum Gasteiger partial charge on any atom is 0.573 e. The number of halogens is 3. The van der Waals surface area contributed by atoms with Crippen molar-refractivity contribution < 1.29 is 22.6 Å². The predicted octanol–water partition coefficient (Wildman–Crippen LogP) is 2.57. The van der Waals surface area contributed by atoms with Crippen LogP contribution < -0.4 is 10.2 Å². The Morgan fingerprint density at radius 2 is 2.05 bits per heavy atom. The fraction of sp³-hybridized carbons (Fsp3) is 0.250. The van der Waals surface area contributed by atoms with E-state index in [0.717, 1.165) is 6.07 Å². The number of pyridine rings is 1. The van der Waals surface area contributed by atoms with E-state index in [1.165, 1.54) is 25.3 Å². The zero-order chi connectivity index (χ0) is 14.0. The molecular formula is C12H10F3NO3. The minimum atomic E-state index is -4.82.